The van der Waals surface area contributed by atoms with Gasteiger partial charge in [-0.05, 0) is 44.0 Å². The van der Waals surface area contributed by atoms with Crippen molar-refractivity contribution in [2.75, 3.05) is 13.1 Å². The summed E-state index contributed by atoms with van der Waals surface area (Å²) in [4.78, 5) is 19.0. The van der Waals surface area contributed by atoms with Crippen molar-refractivity contribution < 1.29 is 4.79 Å². The number of imidazole rings is 1. The number of nitrogens with one attached hydrogen (secondary N) is 2. The molecule has 0 unspecified atom stereocenters. The van der Waals surface area contributed by atoms with E-state index < -0.39 is 0 Å². The van der Waals surface area contributed by atoms with Gasteiger partial charge < -0.3 is 16.0 Å². The molecule has 102 valence electrons. The van der Waals surface area contributed by atoms with Gasteiger partial charge in [-0.15, -0.1) is 0 Å². The van der Waals surface area contributed by atoms with Crippen molar-refractivity contribution in [1.29, 1.82) is 0 Å². The molecule has 4 N–H and O–H groups in total. The number of aromatic amines is 1. The third kappa shape index (κ3) is 3.79. The van der Waals surface area contributed by atoms with Crippen LogP contribution < -0.4 is 11.1 Å². The Bertz CT molecular complexity index is 562. The molecule has 0 bridgehead atoms. The van der Waals surface area contributed by atoms with Crippen LogP contribution in [0.2, 0.25) is 0 Å². The maximum absolute atomic E-state index is 11.4. The summed E-state index contributed by atoms with van der Waals surface area (Å²) >= 11 is 0. The number of amides is 1. The molecule has 1 aromatic heterocycles. The molecular weight excluding hydrogens is 240 g/mol. The third-order valence-electron chi connectivity index (χ3n) is 3.01. The topological polar surface area (TPSA) is 83.8 Å². The van der Waals surface area contributed by atoms with Crippen LogP contribution in [-0.4, -0.2) is 29.0 Å². The Morgan fingerprint density at radius 3 is 3.11 bits per heavy atom. The number of nitrogens with two attached hydrogens (primary N) is 1. The second kappa shape index (κ2) is 6.33. The van der Waals surface area contributed by atoms with Crippen LogP contribution in [0, 0.1) is 6.92 Å². The van der Waals surface area contributed by atoms with Crippen LogP contribution in [0.5, 0.6) is 0 Å². The van der Waals surface area contributed by atoms with Gasteiger partial charge in [-0.1, -0.05) is 6.07 Å². The van der Waals surface area contributed by atoms with E-state index in [0.717, 1.165) is 29.7 Å². The highest BCUT2D eigenvalue weighted by molar-refractivity contribution is 5.76. The molecule has 0 saturated carbocycles. The van der Waals surface area contributed by atoms with E-state index in [1.807, 2.05) is 13.0 Å². The van der Waals surface area contributed by atoms with Crippen LogP contribution in [0.3, 0.4) is 0 Å². The van der Waals surface area contributed by atoms with Crippen LogP contribution >= 0.6 is 0 Å². The van der Waals surface area contributed by atoms with Gasteiger partial charge in [-0.2, -0.15) is 0 Å². The molecule has 19 heavy (non-hydrogen) atoms. The smallest absolute Gasteiger partial charge is 0.220 e. The number of benzene rings is 1. The molecule has 1 heterocycles. The second-order valence-corrected chi connectivity index (χ2v) is 4.67. The second-order valence-electron chi connectivity index (χ2n) is 4.67. The Balaban J connectivity index is 1.86. The summed E-state index contributed by atoms with van der Waals surface area (Å²) in [5.74, 6) is 0.992. The van der Waals surface area contributed by atoms with Gasteiger partial charge >= 0.3 is 0 Å². The minimum absolute atomic E-state index is 0.0731. The summed E-state index contributed by atoms with van der Waals surface area (Å²) < 4.78 is 0. The lowest BCUT2D eigenvalue weighted by Gasteiger charge is -2.05. The summed E-state index contributed by atoms with van der Waals surface area (Å²) in [7, 11) is 0. The average molecular weight is 260 g/mol. The van der Waals surface area contributed by atoms with Crippen molar-refractivity contribution in [3.05, 3.63) is 29.6 Å². The molecule has 5 nitrogen and oxygen atoms in total. The highest BCUT2D eigenvalue weighted by atomic mass is 16.1. The molecule has 2 aromatic rings. The molecular formula is C14H20N4O. The van der Waals surface area contributed by atoms with E-state index in [2.05, 4.69) is 27.4 Å². The predicted molar refractivity (Wildman–Crippen MR) is 75.8 cm³/mol. The van der Waals surface area contributed by atoms with Gasteiger partial charge in [0, 0.05) is 13.0 Å². The summed E-state index contributed by atoms with van der Waals surface area (Å²) in [5, 5.41) is 2.90. The number of fused-ring (bicyclic) bond motifs is 1. The van der Waals surface area contributed by atoms with Gasteiger partial charge in [0.1, 0.15) is 5.82 Å². The third-order valence-corrected chi connectivity index (χ3v) is 3.01. The fraction of sp³-hybridized carbons (Fsp3) is 0.429. The molecule has 0 atom stereocenters. The summed E-state index contributed by atoms with van der Waals surface area (Å²) in [5.41, 5.74) is 8.58. The van der Waals surface area contributed by atoms with Crippen molar-refractivity contribution in [3.8, 4) is 0 Å². The number of hydrogen-bond donors (Lipinski definition) is 3. The van der Waals surface area contributed by atoms with E-state index >= 15 is 0 Å². The van der Waals surface area contributed by atoms with Crippen molar-refractivity contribution in [1.82, 2.24) is 15.3 Å². The van der Waals surface area contributed by atoms with Crippen molar-refractivity contribution >= 4 is 16.9 Å². The fourth-order valence-corrected chi connectivity index (χ4v) is 2.04. The highest BCUT2D eigenvalue weighted by Gasteiger charge is 2.02. The van der Waals surface area contributed by atoms with Gasteiger partial charge in [0.15, 0.2) is 0 Å². The first-order chi connectivity index (χ1) is 9.19. The number of rotatable bonds is 6. The molecule has 0 aliphatic rings. The number of aryl methyl sites for hydroxylation is 1. The standard InChI is InChI=1S/C14H20N4O/c1-10-17-12-5-4-11(9-13(12)18-10)6-8-16-14(19)3-2-7-15/h4-5,9H,2-3,6-8,15H2,1H3,(H,16,19)(H,17,18). The summed E-state index contributed by atoms with van der Waals surface area (Å²) in [6.07, 6.45) is 2.07. The fourth-order valence-electron chi connectivity index (χ4n) is 2.04. The van der Waals surface area contributed by atoms with E-state index in [9.17, 15) is 4.79 Å². The van der Waals surface area contributed by atoms with Crippen LogP contribution in [0.25, 0.3) is 11.0 Å². The lowest BCUT2D eigenvalue weighted by atomic mass is 10.1. The van der Waals surface area contributed by atoms with E-state index in [1.165, 1.54) is 5.56 Å². The molecule has 0 fully saturated rings. The Labute approximate surface area is 112 Å². The predicted octanol–water partition coefficient (Wildman–Crippen LogP) is 1.27. The zero-order valence-corrected chi connectivity index (χ0v) is 11.2. The first-order valence-corrected chi connectivity index (χ1v) is 6.61. The summed E-state index contributed by atoms with van der Waals surface area (Å²) in [6.45, 7) is 3.16. The number of nitrogens with zero attached hydrogens (tertiary/aromatic N) is 1. The van der Waals surface area contributed by atoms with Crippen LogP contribution in [-0.2, 0) is 11.2 Å². The van der Waals surface area contributed by atoms with Crippen LogP contribution in [0.15, 0.2) is 18.2 Å². The van der Waals surface area contributed by atoms with E-state index in [1.54, 1.807) is 0 Å². The van der Waals surface area contributed by atoms with Gasteiger partial charge in [0.2, 0.25) is 5.91 Å². The minimum Gasteiger partial charge on any atom is -0.356 e. The zero-order valence-electron chi connectivity index (χ0n) is 11.2. The number of carbonyl (C=O) groups is 1. The minimum atomic E-state index is 0.0731. The molecule has 1 aromatic carbocycles. The first kappa shape index (κ1) is 13.5. The Kier molecular flexibility index (Phi) is 4.52. The quantitative estimate of drug-likeness (QED) is 0.731. The lowest BCUT2D eigenvalue weighted by molar-refractivity contribution is -0.121. The highest BCUT2D eigenvalue weighted by Crippen LogP contribution is 2.13. The molecule has 0 saturated heterocycles. The van der Waals surface area contributed by atoms with E-state index in [0.29, 0.717) is 19.5 Å². The number of hydrogen-bond acceptors (Lipinski definition) is 3. The largest absolute Gasteiger partial charge is 0.356 e. The Hall–Kier alpha value is -1.88. The van der Waals surface area contributed by atoms with Gasteiger partial charge in [0.05, 0.1) is 11.0 Å². The monoisotopic (exact) mass is 260 g/mol. The average Bonchev–Trinajstić information content (AvgIpc) is 2.75. The molecule has 5 heteroatoms. The van der Waals surface area contributed by atoms with E-state index in [4.69, 9.17) is 5.73 Å². The Morgan fingerprint density at radius 1 is 1.47 bits per heavy atom. The number of aromatic nitrogens is 2. The van der Waals surface area contributed by atoms with E-state index in [-0.39, 0.29) is 5.91 Å². The molecule has 0 radical (unpaired) electrons. The lowest BCUT2D eigenvalue weighted by Crippen LogP contribution is -2.25. The van der Waals surface area contributed by atoms with Crippen molar-refractivity contribution in [2.45, 2.75) is 26.2 Å². The van der Waals surface area contributed by atoms with Crippen molar-refractivity contribution in [2.24, 2.45) is 5.73 Å². The van der Waals surface area contributed by atoms with Gasteiger partial charge in [-0.3, -0.25) is 4.79 Å². The first-order valence-electron chi connectivity index (χ1n) is 6.61. The maximum atomic E-state index is 11.4. The molecule has 0 aliphatic heterocycles. The Morgan fingerprint density at radius 2 is 2.32 bits per heavy atom. The molecule has 0 aliphatic carbocycles. The van der Waals surface area contributed by atoms with Crippen LogP contribution in [0.4, 0.5) is 0 Å². The molecule has 0 spiro atoms. The molecule has 2 rings (SSSR count). The van der Waals surface area contributed by atoms with Crippen molar-refractivity contribution in [3.63, 3.8) is 0 Å². The van der Waals surface area contributed by atoms with Gasteiger partial charge in [0.25, 0.3) is 0 Å². The van der Waals surface area contributed by atoms with Gasteiger partial charge in [-0.25, -0.2) is 4.98 Å². The van der Waals surface area contributed by atoms with Crippen LogP contribution in [0.1, 0.15) is 24.2 Å². The molecule has 1 amide bonds. The normalized spacial score (nSPS) is 10.8. The number of H-pyrrole nitrogens is 1. The summed E-state index contributed by atoms with van der Waals surface area (Å²) in [6, 6.07) is 6.14. The number of carbonyl (C=O) groups excluding carboxylic acids is 1. The maximum Gasteiger partial charge on any atom is 0.220 e. The zero-order chi connectivity index (χ0) is 13.7. The SMILES string of the molecule is Cc1nc2ccc(CCNC(=O)CCCN)cc2[nH]1.